The molecule has 1 N–H and O–H groups in total. The highest BCUT2D eigenvalue weighted by Crippen LogP contribution is 2.30. The third-order valence-electron chi connectivity index (χ3n) is 5.12. The number of nitrogens with zero attached hydrogens (tertiary/aromatic N) is 3. The minimum absolute atomic E-state index is 0.430. The van der Waals surface area contributed by atoms with Gasteiger partial charge in [0.1, 0.15) is 17.8 Å². The van der Waals surface area contributed by atoms with Gasteiger partial charge in [0.25, 0.3) is 0 Å². The summed E-state index contributed by atoms with van der Waals surface area (Å²) in [5.74, 6) is 1.78. The van der Waals surface area contributed by atoms with E-state index in [0.717, 1.165) is 46.8 Å². The largest absolute Gasteiger partial charge is 0.353 e. The molecule has 2 aliphatic rings. The number of hydrogen-bond acceptors (Lipinski definition) is 4. The molecule has 1 aromatic heterocycles. The molecule has 3 heterocycles. The average molecular weight is 346 g/mol. The standard InChI is InChI=1S/C21H19FN4/c22-16-8-10-26(13-16)21-19-6-5-17(11-14(19)7-9-23-21)25-20-18-4-2-1-3-15(18)12-24-20/h1-7,9,11,16H,8,10,12-13H2,(H,24,25)/t16-/m1/s1. The second-order valence-corrected chi connectivity index (χ2v) is 6.85. The molecule has 26 heavy (non-hydrogen) atoms. The lowest BCUT2D eigenvalue weighted by Crippen LogP contribution is -2.21. The van der Waals surface area contributed by atoms with Gasteiger partial charge in [-0.3, -0.25) is 4.99 Å². The molecule has 4 nitrogen and oxygen atoms in total. The van der Waals surface area contributed by atoms with E-state index in [1.807, 2.05) is 29.2 Å². The molecule has 2 aliphatic heterocycles. The van der Waals surface area contributed by atoms with Crippen LogP contribution in [0, 0.1) is 0 Å². The summed E-state index contributed by atoms with van der Waals surface area (Å²) < 4.78 is 13.6. The smallest absolute Gasteiger partial charge is 0.136 e. The van der Waals surface area contributed by atoms with Gasteiger partial charge in [-0.1, -0.05) is 24.3 Å². The number of rotatable bonds is 2. The van der Waals surface area contributed by atoms with E-state index in [4.69, 9.17) is 0 Å². The van der Waals surface area contributed by atoms with E-state index in [-0.39, 0.29) is 0 Å². The van der Waals surface area contributed by atoms with E-state index in [0.29, 0.717) is 13.0 Å². The SMILES string of the molecule is F[C@@H]1CCN(c2nccc3cc(NC4=NCc5ccccc54)ccc23)C1. The van der Waals surface area contributed by atoms with Crippen molar-refractivity contribution in [3.05, 3.63) is 65.9 Å². The quantitative estimate of drug-likeness (QED) is 0.758. The highest BCUT2D eigenvalue weighted by Gasteiger charge is 2.24. The number of alkyl halides is 1. The van der Waals surface area contributed by atoms with Crippen LogP contribution in [0.3, 0.4) is 0 Å². The minimum Gasteiger partial charge on any atom is -0.353 e. The summed E-state index contributed by atoms with van der Waals surface area (Å²) in [5.41, 5.74) is 3.40. The monoisotopic (exact) mass is 346 g/mol. The summed E-state index contributed by atoms with van der Waals surface area (Å²) in [4.78, 5) is 11.2. The molecule has 1 saturated heterocycles. The van der Waals surface area contributed by atoms with Crippen LogP contribution in [-0.4, -0.2) is 30.1 Å². The van der Waals surface area contributed by atoms with Crippen molar-refractivity contribution in [1.82, 2.24) is 4.98 Å². The Morgan fingerprint density at radius 1 is 1.12 bits per heavy atom. The van der Waals surface area contributed by atoms with Crippen LogP contribution in [-0.2, 0) is 6.54 Å². The van der Waals surface area contributed by atoms with Gasteiger partial charge in [0.05, 0.1) is 13.1 Å². The second kappa shape index (κ2) is 6.09. The highest BCUT2D eigenvalue weighted by atomic mass is 19.1. The van der Waals surface area contributed by atoms with Gasteiger partial charge in [-0.25, -0.2) is 9.37 Å². The van der Waals surface area contributed by atoms with Crippen LogP contribution in [0.5, 0.6) is 0 Å². The first-order chi connectivity index (χ1) is 12.8. The summed E-state index contributed by atoms with van der Waals surface area (Å²) in [6.45, 7) is 1.88. The maximum Gasteiger partial charge on any atom is 0.136 e. The van der Waals surface area contributed by atoms with Crippen LogP contribution < -0.4 is 10.2 Å². The average Bonchev–Trinajstić information content (AvgIpc) is 3.28. The summed E-state index contributed by atoms with van der Waals surface area (Å²) in [6, 6.07) is 16.5. The third kappa shape index (κ3) is 2.60. The van der Waals surface area contributed by atoms with Gasteiger partial charge in [-0.2, -0.15) is 0 Å². The van der Waals surface area contributed by atoms with Crippen molar-refractivity contribution in [1.29, 1.82) is 0 Å². The Morgan fingerprint density at radius 3 is 2.92 bits per heavy atom. The second-order valence-electron chi connectivity index (χ2n) is 6.85. The number of aromatic nitrogens is 1. The topological polar surface area (TPSA) is 40.5 Å². The normalized spacial score (nSPS) is 18.9. The number of anilines is 2. The fourth-order valence-electron chi connectivity index (χ4n) is 3.78. The molecule has 0 spiro atoms. The Hall–Kier alpha value is -2.95. The zero-order chi connectivity index (χ0) is 17.5. The van der Waals surface area contributed by atoms with Gasteiger partial charge in [0.2, 0.25) is 0 Å². The maximum absolute atomic E-state index is 13.6. The molecule has 0 radical (unpaired) electrons. The van der Waals surface area contributed by atoms with Crippen LogP contribution in [0.1, 0.15) is 17.5 Å². The molecular weight excluding hydrogens is 327 g/mol. The minimum atomic E-state index is -0.756. The first-order valence-electron chi connectivity index (χ1n) is 8.95. The lowest BCUT2D eigenvalue weighted by Gasteiger charge is -2.18. The van der Waals surface area contributed by atoms with E-state index in [1.165, 1.54) is 5.56 Å². The van der Waals surface area contributed by atoms with Gasteiger partial charge in [0.15, 0.2) is 0 Å². The van der Waals surface area contributed by atoms with Crippen LogP contribution in [0.15, 0.2) is 59.7 Å². The van der Waals surface area contributed by atoms with E-state index in [2.05, 4.69) is 39.6 Å². The fraction of sp³-hybridized carbons (Fsp3) is 0.238. The third-order valence-corrected chi connectivity index (χ3v) is 5.12. The molecule has 0 bridgehead atoms. The molecule has 3 aromatic rings. The van der Waals surface area contributed by atoms with Crippen molar-refractivity contribution in [2.45, 2.75) is 19.1 Å². The number of halogens is 1. The van der Waals surface area contributed by atoms with Crippen molar-refractivity contribution in [3.8, 4) is 0 Å². The van der Waals surface area contributed by atoms with E-state index < -0.39 is 6.17 Å². The van der Waals surface area contributed by atoms with Gasteiger partial charge < -0.3 is 10.2 Å². The molecule has 5 rings (SSSR count). The number of benzene rings is 2. The molecule has 1 fully saturated rings. The Balaban J connectivity index is 1.46. The van der Waals surface area contributed by atoms with Crippen LogP contribution >= 0.6 is 0 Å². The van der Waals surface area contributed by atoms with E-state index >= 15 is 0 Å². The van der Waals surface area contributed by atoms with Crippen molar-refractivity contribution in [2.75, 3.05) is 23.3 Å². The number of hydrogen-bond donors (Lipinski definition) is 1. The van der Waals surface area contributed by atoms with Crippen LogP contribution in [0.4, 0.5) is 15.9 Å². The van der Waals surface area contributed by atoms with Crippen molar-refractivity contribution in [3.63, 3.8) is 0 Å². The fourth-order valence-corrected chi connectivity index (χ4v) is 3.78. The molecular formula is C21H19FN4. The molecule has 0 amide bonds. The van der Waals surface area contributed by atoms with Gasteiger partial charge in [0, 0.05) is 29.4 Å². The molecule has 0 aliphatic carbocycles. The first kappa shape index (κ1) is 15.3. The van der Waals surface area contributed by atoms with Gasteiger partial charge >= 0.3 is 0 Å². The Labute approximate surface area is 151 Å². The number of fused-ring (bicyclic) bond motifs is 2. The van der Waals surface area contributed by atoms with Crippen molar-refractivity contribution >= 4 is 28.1 Å². The molecule has 1 atom stereocenters. The van der Waals surface area contributed by atoms with Crippen molar-refractivity contribution < 1.29 is 4.39 Å². The lowest BCUT2D eigenvalue weighted by atomic mass is 10.1. The number of amidine groups is 1. The predicted molar refractivity (Wildman–Crippen MR) is 104 cm³/mol. The summed E-state index contributed by atoms with van der Waals surface area (Å²) in [6.07, 6.45) is 1.63. The van der Waals surface area contributed by atoms with Crippen LogP contribution in [0.2, 0.25) is 0 Å². The Kier molecular flexibility index (Phi) is 3.59. The summed E-state index contributed by atoms with van der Waals surface area (Å²) in [7, 11) is 0. The van der Waals surface area contributed by atoms with Gasteiger partial charge in [-0.15, -0.1) is 0 Å². The molecule has 5 heteroatoms. The zero-order valence-corrected chi connectivity index (χ0v) is 14.3. The molecule has 0 saturated carbocycles. The highest BCUT2D eigenvalue weighted by molar-refractivity contribution is 6.11. The molecule has 2 aromatic carbocycles. The number of pyridine rings is 1. The van der Waals surface area contributed by atoms with E-state index in [9.17, 15) is 4.39 Å². The predicted octanol–water partition coefficient (Wildman–Crippen LogP) is 4.16. The van der Waals surface area contributed by atoms with Crippen LogP contribution in [0.25, 0.3) is 10.8 Å². The van der Waals surface area contributed by atoms with Gasteiger partial charge in [-0.05, 0) is 41.6 Å². The lowest BCUT2D eigenvalue weighted by molar-refractivity contribution is 0.364. The first-order valence-corrected chi connectivity index (χ1v) is 8.95. The number of nitrogens with one attached hydrogen (secondary N) is 1. The summed E-state index contributed by atoms with van der Waals surface area (Å²) in [5, 5.41) is 5.59. The Bertz CT molecular complexity index is 1010. The van der Waals surface area contributed by atoms with E-state index in [1.54, 1.807) is 6.20 Å². The maximum atomic E-state index is 13.6. The zero-order valence-electron chi connectivity index (χ0n) is 14.3. The molecule has 0 unspecified atom stereocenters. The summed E-state index contributed by atoms with van der Waals surface area (Å²) >= 11 is 0. The number of aliphatic imine (C=N–C) groups is 1. The Morgan fingerprint density at radius 2 is 2.04 bits per heavy atom. The molecule has 130 valence electrons. The van der Waals surface area contributed by atoms with Crippen molar-refractivity contribution in [2.24, 2.45) is 4.99 Å².